The van der Waals surface area contributed by atoms with E-state index in [1.807, 2.05) is 0 Å². The Bertz CT molecular complexity index is 196. The minimum absolute atomic E-state index is 0.199. The van der Waals surface area contributed by atoms with Gasteiger partial charge in [0.25, 0.3) is 0 Å². The van der Waals surface area contributed by atoms with Gasteiger partial charge in [-0.2, -0.15) is 0 Å². The molecule has 0 spiro atoms. The van der Waals surface area contributed by atoms with E-state index in [4.69, 9.17) is 9.47 Å². The lowest BCUT2D eigenvalue weighted by Gasteiger charge is -2.25. The maximum Gasteiger partial charge on any atom is 0.337 e. The molecule has 0 amide bonds. The molecule has 2 fully saturated rings. The number of hydrogen-bond acceptors (Lipinski definition) is 3. The Kier molecular flexibility index (Phi) is 2.54. The number of carbonyl (C=O) groups is 1. The van der Waals surface area contributed by atoms with Crippen molar-refractivity contribution in [3.8, 4) is 0 Å². The summed E-state index contributed by atoms with van der Waals surface area (Å²) in [5.41, 5.74) is 0. The van der Waals surface area contributed by atoms with E-state index in [9.17, 15) is 4.79 Å². The number of ether oxygens (including phenoxy) is 2. The molecule has 0 aromatic carbocycles. The SMILES string of the molecule is C[C@@H]1O[C@H](C2CCCCC2)OC1=O. The van der Waals surface area contributed by atoms with Crippen molar-refractivity contribution in [3.05, 3.63) is 0 Å². The van der Waals surface area contributed by atoms with E-state index < -0.39 is 0 Å². The van der Waals surface area contributed by atoms with E-state index in [1.165, 1.54) is 19.3 Å². The molecule has 0 unspecified atom stereocenters. The highest BCUT2D eigenvalue weighted by molar-refractivity contribution is 5.75. The van der Waals surface area contributed by atoms with E-state index in [0.29, 0.717) is 5.92 Å². The van der Waals surface area contributed by atoms with Gasteiger partial charge in [0.2, 0.25) is 6.29 Å². The molecule has 1 saturated heterocycles. The number of esters is 1. The van der Waals surface area contributed by atoms with E-state index in [2.05, 4.69) is 0 Å². The Hall–Kier alpha value is -0.570. The van der Waals surface area contributed by atoms with Crippen molar-refractivity contribution >= 4 is 5.97 Å². The summed E-state index contributed by atoms with van der Waals surface area (Å²) in [5, 5.41) is 0. The Balaban J connectivity index is 1.90. The lowest BCUT2D eigenvalue weighted by Crippen LogP contribution is -2.24. The first kappa shape index (κ1) is 9.00. The van der Waals surface area contributed by atoms with Crippen molar-refractivity contribution in [2.75, 3.05) is 0 Å². The van der Waals surface area contributed by atoms with Gasteiger partial charge in [0.1, 0.15) is 0 Å². The highest BCUT2D eigenvalue weighted by Crippen LogP contribution is 2.31. The summed E-state index contributed by atoms with van der Waals surface area (Å²) in [5.74, 6) is 0.248. The van der Waals surface area contributed by atoms with Gasteiger partial charge < -0.3 is 9.47 Å². The predicted molar refractivity (Wildman–Crippen MR) is 47.0 cm³/mol. The summed E-state index contributed by atoms with van der Waals surface area (Å²) < 4.78 is 10.6. The molecular weight excluding hydrogens is 168 g/mol. The van der Waals surface area contributed by atoms with E-state index in [0.717, 1.165) is 12.8 Å². The number of rotatable bonds is 1. The van der Waals surface area contributed by atoms with Gasteiger partial charge in [0.15, 0.2) is 6.10 Å². The zero-order valence-electron chi connectivity index (χ0n) is 7.99. The third-order valence-electron chi connectivity index (χ3n) is 2.94. The van der Waals surface area contributed by atoms with Gasteiger partial charge in [-0.25, -0.2) is 4.79 Å². The van der Waals surface area contributed by atoms with Crippen LogP contribution in [0, 0.1) is 5.92 Å². The Morgan fingerprint density at radius 3 is 2.46 bits per heavy atom. The van der Waals surface area contributed by atoms with E-state index in [-0.39, 0.29) is 18.4 Å². The molecule has 3 heteroatoms. The van der Waals surface area contributed by atoms with Crippen LogP contribution in [0.15, 0.2) is 0 Å². The summed E-state index contributed by atoms with van der Waals surface area (Å²) in [6, 6.07) is 0. The Morgan fingerprint density at radius 2 is 1.92 bits per heavy atom. The van der Waals surface area contributed by atoms with Gasteiger partial charge in [-0.1, -0.05) is 19.3 Å². The lowest BCUT2D eigenvalue weighted by atomic mass is 9.89. The van der Waals surface area contributed by atoms with Gasteiger partial charge in [-0.05, 0) is 19.8 Å². The summed E-state index contributed by atoms with van der Waals surface area (Å²) in [7, 11) is 0. The molecule has 1 aliphatic carbocycles. The van der Waals surface area contributed by atoms with Crippen LogP contribution in [0.1, 0.15) is 39.0 Å². The van der Waals surface area contributed by atoms with E-state index in [1.54, 1.807) is 6.92 Å². The molecule has 2 atom stereocenters. The lowest BCUT2D eigenvalue weighted by molar-refractivity contribution is -0.149. The molecule has 0 aromatic rings. The topological polar surface area (TPSA) is 35.5 Å². The molecule has 74 valence electrons. The van der Waals surface area contributed by atoms with Crippen LogP contribution in [0.5, 0.6) is 0 Å². The van der Waals surface area contributed by atoms with Crippen LogP contribution >= 0.6 is 0 Å². The van der Waals surface area contributed by atoms with Crippen LogP contribution < -0.4 is 0 Å². The molecule has 0 radical (unpaired) electrons. The fraction of sp³-hybridized carbons (Fsp3) is 0.900. The largest absolute Gasteiger partial charge is 0.434 e. The smallest absolute Gasteiger partial charge is 0.337 e. The highest BCUT2D eigenvalue weighted by atomic mass is 16.8. The molecule has 1 saturated carbocycles. The minimum atomic E-state index is -0.355. The Labute approximate surface area is 78.4 Å². The van der Waals surface area contributed by atoms with Gasteiger partial charge >= 0.3 is 5.97 Å². The Morgan fingerprint density at radius 1 is 1.23 bits per heavy atom. The summed E-state index contributed by atoms with van der Waals surface area (Å²) in [6.07, 6.45) is 5.49. The van der Waals surface area contributed by atoms with Crippen LogP contribution in [-0.2, 0) is 14.3 Å². The fourth-order valence-electron chi connectivity index (χ4n) is 2.11. The van der Waals surface area contributed by atoms with E-state index >= 15 is 0 Å². The molecule has 0 aromatic heterocycles. The average Bonchev–Trinajstić information content (AvgIpc) is 2.49. The van der Waals surface area contributed by atoms with Crippen molar-refractivity contribution in [3.63, 3.8) is 0 Å². The molecule has 0 bridgehead atoms. The normalized spacial score (nSPS) is 36.2. The molecule has 2 aliphatic rings. The first-order valence-corrected chi connectivity index (χ1v) is 5.13. The van der Waals surface area contributed by atoms with Crippen LogP contribution in [0.2, 0.25) is 0 Å². The molecule has 2 rings (SSSR count). The number of hydrogen-bond donors (Lipinski definition) is 0. The van der Waals surface area contributed by atoms with Crippen LogP contribution in [0.25, 0.3) is 0 Å². The quantitative estimate of drug-likeness (QED) is 0.583. The van der Waals surface area contributed by atoms with Gasteiger partial charge in [-0.3, -0.25) is 0 Å². The second-order valence-corrected chi connectivity index (χ2v) is 3.98. The second kappa shape index (κ2) is 3.66. The van der Waals surface area contributed by atoms with Gasteiger partial charge in [-0.15, -0.1) is 0 Å². The van der Waals surface area contributed by atoms with Crippen molar-refractivity contribution in [1.82, 2.24) is 0 Å². The predicted octanol–water partition coefficient (Wildman–Crippen LogP) is 1.85. The van der Waals surface area contributed by atoms with Gasteiger partial charge in [0, 0.05) is 5.92 Å². The fourth-order valence-corrected chi connectivity index (χ4v) is 2.11. The standard InChI is InChI=1S/C10H16O3/c1-7-9(11)13-10(12-7)8-5-3-2-4-6-8/h7-8,10H,2-6H2,1H3/t7-,10-/m0/s1. The zero-order valence-corrected chi connectivity index (χ0v) is 7.99. The van der Waals surface area contributed by atoms with Crippen LogP contribution in [-0.4, -0.2) is 18.4 Å². The molecule has 1 heterocycles. The van der Waals surface area contributed by atoms with Gasteiger partial charge in [0.05, 0.1) is 0 Å². The minimum Gasteiger partial charge on any atom is -0.434 e. The average molecular weight is 184 g/mol. The zero-order chi connectivity index (χ0) is 9.26. The third kappa shape index (κ3) is 1.85. The molecule has 3 nitrogen and oxygen atoms in total. The summed E-state index contributed by atoms with van der Waals surface area (Å²) in [4.78, 5) is 11.1. The number of cyclic esters (lactones) is 1. The van der Waals surface area contributed by atoms with Crippen LogP contribution in [0.3, 0.4) is 0 Å². The highest BCUT2D eigenvalue weighted by Gasteiger charge is 2.37. The van der Waals surface area contributed by atoms with Crippen molar-refractivity contribution < 1.29 is 14.3 Å². The maximum atomic E-state index is 11.1. The van der Waals surface area contributed by atoms with Crippen LogP contribution in [0.4, 0.5) is 0 Å². The molecule has 0 N–H and O–H groups in total. The first-order chi connectivity index (χ1) is 6.27. The monoisotopic (exact) mass is 184 g/mol. The van der Waals surface area contributed by atoms with Crippen molar-refractivity contribution in [2.45, 2.75) is 51.4 Å². The maximum absolute atomic E-state index is 11.1. The second-order valence-electron chi connectivity index (χ2n) is 3.98. The van der Waals surface area contributed by atoms with Crippen molar-refractivity contribution in [2.24, 2.45) is 5.92 Å². The summed E-state index contributed by atoms with van der Waals surface area (Å²) >= 11 is 0. The first-order valence-electron chi connectivity index (χ1n) is 5.13. The molecule has 1 aliphatic heterocycles. The molecular formula is C10H16O3. The van der Waals surface area contributed by atoms with Crippen molar-refractivity contribution in [1.29, 1.82) is 0 Å². The molecule has 13 heavy (non-hydrogen) atoms. The summed E-state index contributed by atoms with van der Waals surface area (Å²) in [6.45, 7) is 1.76. The third-order valence-corrected chi connectivity index (χ3v) is 2.94. The number of carbonyl (C=O) groups excluding carboxylic acids is 1.